The Morgan fingerprint density at radius 3 is 2.75 bits per heavy atom. The fourth-order valence-electron chi connectivity index (χ4n) is 2.30. The zero-order chi connectivity index (χ0) is 14.3. The number of aromatic nitrogens is 3. The van der Waals surface area contributed by atoms with Crippen molar-refractivity contribution in [2.24, 2.45) is 0 Å². The van der Waals surface area contributed by atoms with E-state index in [0.717, 1.165) is 17.2 Å². The van der Waals surface area contributed by atoms with Crippen LogP contribution in [0.15, 0.2) is 36.5 Å². The molecule has 0 aliphatic carbocycles. The highest BCUT2D eigenvalue weighted by atomic mass is 19.1. The van der Waals surface area contributed by atoms with Crippen molar-refractivity contribution < 1.29 is 9.50 Å². The Labute approximate surface area is 115 Å². The van der Waals surface area contributed by atoms with Crippen LogP contribution in [-0.2, 0) is 0 Å². The van der Waals surface area contributed by atoms with Crippen LogP contribution in [0.4, 0.5) is 4.39 Å². The fraction of sp³-hybridized carbons (Fsp3) is 0.200. The van der Waals surface area contributed by atoms with Gasteiger partial charge in [-0.3, -0.25) is 0 Å². The summed E-state index contributed by atoms with van der Waals surface area (Å²) >= 11 is 0. The molecule has 0 aliphatic heterocycles. The molecule has 2 heterocycles. The fourth-order valence-corrected chi connectivity index (χ4v) is 2.30. The van der Waals surface area contributed by atoms with E-state index in [1.54, 1.807) is 6.20 Å². The van der Waals surface area contributed by atoms with Crippen LogP contribution in [-0.4, -0.2) is 19.6 Å². The lowest BCUT2D eigenvalue weighted by atomic mass is 10.1. The molecule has 0 unspecified atom stereocenters. The van der Waals surface area contributed by atoms with Gasteiger partial charge in [-0.25, -0.2) is 14.4 Å². The summed E-state index contributed by atoms with van der Waals surface area (Å²) in [5.74, 6) is -0.00927. The van der Waals surface area contributed by atoms with Gasteiger partial charge in [0, 0.05) is 18.3 Å². The van der Waals surface area contributed by atoms with Gasteiger partial charge in [0.15, 0.2) is 5.65 Å². The van der Waals surface area contributed by atoms with Crippen LogP contribution >= 0.6 is 0 Å². The van der Waals surface area contributed by atoms with E-state index in [9.17, 15) is 9.50 Å². The molecule has 0 saturated carbocycles. The molecule has 0 spiro atoms. The maximum Gasteiger partial charge on any atom is 0.160 e. The SMILES string of the molecule is CC(C)n1c(-c2ccc(F)cc2O)nc2cccnc21. The lowest BCUT2D eigenvalue weighted by molar-refractivity contribution is 0.470. The van der Waals surface area contributed by atoms with E-state index in [4.69, 9.17) is 0 Å². The minimum Gasteiger partial charge on any atom is -0.507 e. The molecule has 3 aromatic rings. The summed E-state index contributed by atoms with van der Waals surface area (Å²) in [5, 5.41) is 9.96. The molecule has 0 atom stereocenters. The predicted octanol–water partition coefficient (Wildman–Crippen LogP) is 3.52. The molecule has 4 nitrogen and oxygen atoms in total. The number of pyridine rings is 1. The number of hydrogen-bond donors (Lipinski definition) is 1. The Hall–Kier alpha value is -2.43. The molecule has 0 fully saturated rings. The van der Waals surface area contributed by atoms with Crippen molar-refractivity contribution in [1.82, 2.24) is 14.5 Å². The van der Waals surface area contributed by atoms with Gasteiger partial charge in [-0.1, -0.05) is 0 Å². The second-order valence-corrected chi connectivity index (χ2v) is 4.91. The van der Waals surface area contributed by atoms with Gasteiger partial charge < -0.3 is 9.67 Å². The van der Waals surface area contributed by atoms with Gasteiger partial charge in [0.2, 0.25) is 0 Å². The van der Waals surface area contributed by atoms with Crippen LogP contribution in [0.25, 0.3) is 22.6 Å². The minimum absolute atomic E-state index is 0.120. The van der Waals surface area contributed by atoms with Crippen molar-refractivity contribution >= 4 is 11.2 Å². The quantitative estimate of drug-likeness (QED) is 0.775. The molecule has 0 bridgehead atoms. The van der Waals surface area contributed by atoms with Crippen LogP contribution in [0.3, 0.4) is 0 Å². The van der Waals surface area contributed by atoms with Crippen molar-refractivity contribution in [1.29, 1.82) is 0 Å². The second kappa shape index (κ2) is 4.59. The van der Waals surface area contributed by atoms with E-state index in [-0.39, 0.29) is 11.8 Å². The largest absolute Gasteiger partial charge is 0.507 e. The molecule has 0 aliphatic rings. The third kappa shape index (κ3) is 1.91. The number of halogens is 1. The van der Waals surface area contributed by atoms with Crippen LogP contribution in [0.1, 0.15) is 19.9 Å². The summed E-state index contributed by atoms with van der Waals surface area (Å²) in [6, 6.07) is 7.73. The predicted molar refractivity (Wildman–Crippen MR) is 75.0 cm³/mol. The van der Waals surface area contributed by atoms with E-state index in [0.29, 0.717) is 11.4 Å². The van der Waals surface area contributed by atoms with E-state index >= 15 is 0 Å². The maximum atomic E-state index is 13.1. The Bertz CT molecular complexity index is 780. The van der Waals surface area contributed by atoms with Crippen molar-refractivity contribution in [2.75, 3.05) is 0 Å². The maximum absolute atomic E-state index is 13.1. The molecule has 20 heavy (non-hydrogen) atoms. The van der Waals surface area contributed by atoms with E-state index in [1.807, 2.05) is 30.5 Å². The average Bonchev–Trinajstić information content (AvgIpc) is 2.77. The minimum atomic E-state index is -0.475. The first kappa shape index (κ1) is 12.6. The molecule has 0 amide bonds. The molecule has 2 aromatic heterocycles. The highest BCUT2D eigenvalue weighted by Crippen LogP contribution is 2.33. The second-order valence-electron chi connectivity index (χ2n) is 4.91. The normalized spacial score (nSPS) is 11.4. The first-order valence-electron chi connectivity index (χ1n) is 6.40. The number of fused-ring (bicyclic) bond motifs is 1. The Balaban J connectivity index is 2.32. The number of hydrogen-bond acceptors (Lipinski definition) is 3. The Morgan fingerprint density at radius 2 is 2.05 bits per heavy atom. The standard InChI is InChI=1S/C15H14FN3O/c1-9(2)19-14(11-6-5-10(16)8-13(11)20)18-12-4-3-7-17-15(12)19/h3-9,20H,1-2H3. The van der Waals surface area contributed by atoms with Crippen LogP contribution in [0.5, 0.6) is 5.75 Å². The van der Waals surface area contributed by atoms with Crippen molar-refractivity contribution in [3.05, 3.63) is 42.3 Å². The zero-order valence-corrected chi connectivity index (χ0v) is 11.2. The van der Waals surface area contributed by atoms with Gasteiger partial charge >= 0.3 is 0 Å². The van der Waals surface area contributed by atoms with Gasteiger partial charge in [-0.05, 0) is 38.1 Å². The van der Waals surface area contributed by atoms with Crippen LogP contribution in [0, 0.1) is 5.82 Å². The van der Waals surface area contributed by atoms with E-state index < -0.39 is 5.82 Å². The summed E-state index contributed by atoms with van der Waals surface area (Å²) in [7, 11) is 0. The average molecular weight is 271 g/mol. The molecule has 5 heteroatoms. The summed E-state index contributed by atoms with van der Waals surface area (Å²) in [5.41, 5.74) is 2.00. The third-order valence-electron chi connectivity index (χ3n) is 3.17. The lowest BCUT2D eigenvalue weighted by Gasteiger charge is -2.13. The number of aromatic hydroxyl groups is 1. The molecule has 0 radical (unpaired) electrons. The van der Waals surface area contributed by atoms with Crippen LogP contribution < -0.4 is 0 Å². The number of rotatable bonds is 2. The highest BCUT2D eigenvalue weighted by molar-refractivity contribution is 5.79. The lowest BCUT2D eigenvalue weighted by Crippen LogP contribution is -2.04. The van der Waals surface area contributed by atoms with Gasteiger partial charge in [-0.2, -0.15) is 0 Å². The van der Waals surface area contributed by atoms with Gasteiger partial charge in [-0.15, -0.1) is 0 Å². The number of benzene rings is 1. The van der Waals surface area contributed by atoms with Gasteiger partial charge in [0.05, 0.1) is 5.56 Å². The smallest absolute Gasteiger partial charge is 0.160 e. The molecular formula is C15H14FN3O. The molecule has 0 saturated heterocycles. The van der Waals surface area contributed by atoms with Crippen LogP contribution in [0.2, 0.25) is 0 Å². The topological polar surface area (TPSA) is 50.9 Å². The molecule has 1 aromatic carbocycles. The number of phenols is 1. The Morgan fingerprint density at radius 1 is 1.25 bits per heavy atom. The highest BCUT2D eigenvalue weighted by Gasteiger charge is 2.18. The summed E-state index contributed by atoms with van der Waals surface area (Å²) in [4.78, 5) is 8.85. The van der Waals surface area contributed by atoms with Crippen molar-refractivity contribution in [3.8, 4) is 17.1 Å². The summed E-state index contributed by atoms with van der Waals surface area (Å²) in [6.07, 6.45) is 1.71. The van der Waals surface area contributed by atoms with E-state index in [2.05, 4.69) is 9.97 Å². The molecular weight excluding hydrogens is 257 g/mol. The first-order chi connectivity index (χ1) is 9.58. The van der Waals surface area contributed by atoms with Crippen molar-refractivity contribution in [2.45, 2.75) is 19.9 Å². The van der Waals surface area contributed by atoms with Crippen molar-refractivity contribution in [3.63, 3.8) is 0 Å². The Kier molecular flexibility index (Phi) is 2.89. The molecule has 1 N–H and O–H groups in total. The van der Waals surface area contributed by atoms with Gasteiger partial charge in [0.1, 0.15) is 22.9 Å². The third-order valence-corrected chi connectivity index (χ3v) is 3.17. The van der Waals surface area contributed by atoms with Gasteiger partial charge in [0.25, 0.3) is 0 Å². The number of imidazole rings is 1. The summed E-state index contributed by atoms with van der Waals surface area (Å²) in [6.45, 7) is 4.03. The summed E-state index contributed by atoms with van der Waals surface area (Å²) < 4.78 is 15.1. The monoisotopic (exact) mass is 271 g/mol. The number of nitrogens with zero attached hydrogens (tertiary/aromatic N) is 3. The van der Waals surface area contributed by atoms with E-state index in [1.165, 1.54) is 12.1 Å². The molecule has 3 rings (SSSR count). The zero-order valence-electron chi connectivity index (χ0n) is 11.2. The first-order valence-corrected chi connectivity index (χ1v) is 6.40. The molecule has 102 valence electrons. The number of phenolic OH excluding ortho intramolecular Hbond substituents is 1.